The normalized spacial score (nSPS) is 12.2. The van der Waals surface area contributed by atoms with E-state index < -0.39 is 10.0 Å². The van der Waals surface area contributed by atoms with Gasteiger partial charge in [-0.2, -0.15) is 4.31 Å². The maximum absolute atomic E-state index is 12.5. The van der Waals surface area contributed by atoms with E-state index in [-0.39, 0.29) is 11.4 Å². The van der Waals surface area contributed by atoms with Gasteiger partial charge in [-0.25, -0.2) is 8.42 Å². The fourth-order valence-electron chi connectivity index (χ4n) is 2.00. The SMILES string of the molecule is Cc1occc1CN(C)S(=O)(=O)c1cc(CN)n(C)c1. The molecule has 2 N–H and O–H groups in total. The lowest BCUT2D eigenvalue weighted by Gasteiger charge is -2.15. The number of rotatable bonds is 5. The molecule has 0 amide bonds. The average Bonchev–Trinajstić information content (AvgIpc) is 2.96. The lowest BCUT2D eigenvalue weighted by molar-refractivity contribution is 0.459. The number of nitrogens with two attached hydrogens (primary N) is 1. The van der Waals surface area contributed by atoms with Gasteiger partial charge in [-0.05, 0) is 19.1 Å². The van der Waals surface area contributed by atoms with Crippen LogP contribution in [0.1, 0.15) is 17.0 Å². The predicted molar refractivity (Wildman–Crippen MR) is 75.4 cm³/mol. The minimum Gasteiger partial charge on any atom is -0.469 e. The zero-order valence-corrected chi connectivity index (χ0v) is 12.6. The summed E-state index contributed by atoms with van der Waals surface area (Å²) in [7, 11) is -0.197. The Morgan fingerprint density at radius 2 is 2.15 bits per heavy atom. The number of sulfonamides is 1. The highest BCUT2D eigenvalue weighted by Crippen LogP contribution is 2.20. The van der Waals surface area contributed by atoms with Crippen LogP contribution in [0.2, 0.25) is 0 Å². The third kappa shape index (κ3) is 2.65. The Morgan fingerprint density at radius 1 is 1.45 bits per heavy atom. The number of aryl methyl sites for hydroxylation is 2. The summed E-state index contributed by atoms with van der Waals surface area (Å²) < 4.78 is 33.2. The van der Waals surface area contributed by atoms with Gasteiger partial charge in [0.15, 0.2) is 0 Å². The van der Waals surface area contributed by atoms with E-state index in [1.165, 1.54) is 4.31 Å². The van der Waals surface area contributed by atoms with E-state index in [4.69, 9.17) is 10.2 Å². The summed E-state index contributed by atoms with van der Waals surface area (Å²) in [5.74, 6) is 0.725. The van der Waals surface area contributed by atoms with Gasteiger partial charge >= 0.3 is 0 Å². The Bertz CT molecular complexity index is 700. The highest BCUT2D eigenvalue weighted by Gasteiger charge is 2.23. The number of hydrogen-bond donors (Lipinski definition) is 1. The predicted octanol–water partition coefficient (Wildman–Crippen LogP) is 1.21. The molecule has 0 aliphatic carbocycles. The van der Waals surface area contributed by atoms with E-state index in [9.17, 15) is 8.42 Å². The van der Waals surface area contributed by atoms with Crippen LogP contribution in [-0.4, -0.2) is 24.3 Å². The highest BCUT2D eigenvalue weighted by atomic mass is 32.2. The van der Waals surface area contributed by atoms with Gasteiger partial charge in [0, 0.05) is 44.6 Å². The van der Waals surface area contributed by atoms with E-state index in [2.05, 4.69) is 0 Å². The van der Waals surface area contributed by atoms with E-state index in [1.54, 1.807) is 43.3 Å². The van der Waals surface area contributed by atoms with Gasteiger partial charge in [0.05, 0.1) is 6.26 Å². The lowest BCUT2D eigenvalue weighted by atomic mass is 10.3. The monoisotopic (exact) mass is 297 g/mol. The van der Waals surface area contributed by atoms with Crippen LogP contribution in [0.5, 0.6) is 0 Å². The number of hydrogen-bond acceptors (Lipinski definition) is 4. The molecule has 7 heteroatoms. The zero-order valence-electron chi connectivity index (χ0n) is 11.8. The summed E-state index contributed by atoms with van der Waals surface area (Å²) in [6.45, 7) is 2.39. The van der Waals surface area contributed by atoms with Gasteiger partial charge in [0.25, 0.3) is 0 Å². The largest absolute Gasteiger partial charge is 0.469 e. The third-order valence-electron chi connectivity index (χ3n) is 3.36. The average molecular weight is 297 g/mol. The summed E-state index contributed by atoms with van der Waals surface area (Å²) in [5, 5.41) is 0. The first-order valence-corrected chi connectivity index (χ1v) is 7.65. The fraction of sp³-hybridized carbons (Fsp3) is 0.385. The molecule has 2 rings (SSSR count). The second-order valence-corrected chi connectivity index (χ2v) is 6.79. The fourth-order valence-corrected chi connectivity index (χ4v) is 3.25. The molecule has 0 saturated carbocycles. The van der Waals surface area contributed by atoms with Gasteiger partial charge in [-0.1, -0.05) is 0 Å². The van der Waals surface area contributed by atoms with Crippen molar-refractivity contribution in [2.24, 2.45) is 12.8 Å². The zero-order chi connectivity index (χ0) is 14.9. The number of furan rings is 1. The quantitative estimate of drug-likeness (QED) is 0.899. The van der Waals surface area contributed by atoms with Crippen LogP contribution in [-0.2, 0) is 30.2 Å². The molecule has 2 heterocycles. The van der Waals surface area contributed by atoms with Crippen LogP contribution in [0.25, 0.3) is 0 Å². The van der Waals surface area contributed by atoms with E-state index in [1.807, 2.05) is 6.92 Å². The van der Waals surface area contributed by atoms with Crippen molar-refractivity contribution in [3.63, 3.8) is 0 Å². The molecule has 0 fully saturated rings. The molecular weight excluding hydrogens is 278 g/mol. The van der Waals surface area contributed by atoms with E-state index >= 15 is 0 Å². The standard InChI is InChI=1S/C13H19N3O3S/c1-10-11(4-5-19-10)8-16(3)20(17,18)13-6-12(7-14)15(2)9-13/h4-6,9H,7-8,14H2,1-3H3. The van der Waals surface area contributed by atoms with Crippen LogP contribution in [0.4, 0.5) is 0 Å². The minimum absolute atomic E-state index is 0.254. The van der Waals surface area contributed by atoms with Gasteiger partial charge in [0.2, 0.25) is 10.0 Å². The van der Waals surface area contributed by atoms with Gasteiger partial charge in [-0.15, -0.1) is 0 Å². The summed E-state index contributed by atoms with van der Waals surface area (Å²) in [5.41, 5.74) is 7.20. The Hall–Kier alpha value is -1.57. The van der Waals surface area contributed by atoms with Crippen LogP contribution >= 0.6 is 0 Å². The molecular formula is C13H19N3O3S. The van der Waals surface area contributed by atoms with Gasteiger partial charge < -0.3 is 14.7 Å². The van der Waals surface area contributed by atoms with Crippen molar-refractivity contribution in [3.05, 3.63) is 41.6 Å². The van der Waals surface area contributed by atoms with Crippen LogP contribution in [0, 0.1) is 6.92 Å². The Balaban J connectivity index is 2.27. The molecule has 2 aromatic heterocycles. The smallest absolute Gasteiger partial charge is 0.244 e. The number of aromatic nitrogens is 1. The summed E-state index contributed by atoms with van der Waals surface area (Å²) in [6.07, 6.45) is 3.14. The first-order valence-electron chi connectivity index (χ1n) is 6.21. The molecule has 0 spiro atoms. The molecule has 2 aromatic rings. The van der Waals surface area contributed by atoms with Crippen molar-refractivity contribution in [2.75, 3.05) is 7.05 Å². The Labute approximate surface area is 118 Å². The topological polar surface area (TPSA) is 81.5 Å². The van der Waals surface area contributed by atoms with Crippen molar-refractivity contribution >= 4 is 10.0 Å². The molecule has 0 aliphatic rings. The maximum Gasteiger partial charge on any atom is 0.244 e. The van der Waals surface area contributed by atoms with E-state index in [0.717, 1.165) is 17.0 Å². The molecule has 6 nitrogen and oxygen atoms in total. The first-order chi connectivity index (χ1) is 9.36. The van der Waals surface area contributed by atoms with Crippen molar-refractivity contribution in [2.45, 2.75) is 24.9 Å². The Kier molecular flexibility index (Phi) is 4.03. The second kappa shape index (κ2) is 5.43. The van der Waals surface area contributed by atoms with Crippen molar-refractivity contribution in [1.82, 2.24) is 8.87 Å². The molecule has 0 aromatic carbocycles. The van der Waals surface area contributed by atoms with Crippen molar-refractivity contribution in [1.29, 1.82) is 0 Å². The van der Waals surface area contributed by atoms with Crippen molar-refractivity contribution in [3.8, 4) is 0 Å². The molecule has 0 saturated heterocycles. The molecule has 20 heavy (non-hydrogen) atoms. The van der Waals surface area contributed by atoms with Crippen molar-refractivity contribution < 1.29 is 12.8 Å². The molecule has 0 bridgehead atoms. The molecule has 0 aliphatic heterocycles. The molecule has 0 unspecified atom stereocenters. The molecule has 110 valence electrons. The van der Waals surface area contributed by atoms with Gasteiger partial charge in [0.1, 0.15) is 10.7 Å². The molecule has 0 atom stereocenters. The summed E-state index contributed by atoms with van der Waals surface area (Å²) in [6, 6.07) is 3.38. The lowest BCUT2D eigenvalue weighted by Crippen LogP contribution is -2.26. The Morgan fingerprint density at radius 3 is 2.65 bits per heavy atom. The van der Waals surface area contributed by atoms with Crippen LogP contribution in [0.15, 0.2) is 33.9 Å². The van der Waals surface area contributed by atoms with Gasteiger partial charge in [-0.3, -0.25) is 0 Å². The summed E-state index contributed by atoms with van der Waals surface area (Å²) in [4.78, 5) is 0.254. The number of nitrogens with zero attached hydrogens (tertiary/aromatic N) is 2. The summed E-state index contributed by atoms with van der Waals surface area (Å²) >= 11 is 0. The molecule has 0 radical (unpaired) electrons. The van der Waals surface area contributed by atoms with E-state index in [0.29, 0.717) is 6.54 Å². The minimum atomic E-state index is -3.53. The third-order valence-corrected chi connectivity index (χ3v) is 5.13. The maximum atomic E-state index is 12.5. The second-order valence-electron chi connectivity index (χ2n) is 4.75. The van der Waals surface area contributed by atoms with Crippen LogP contribution in [0.3, 0.4) is 0 Å². The highest BCUT2D eigenvalue weighted by molar-refractivity contribution is 7.89. The van der Waals surface area contributed by atoms with Crippen LogP contribution < -0.4 is 5.73 Å². The first kappa shape index (κ1) is 14.8.